The second-order valence-electron chi connectivity index (χ2n) is 19.7. The molecule has 5 heteroatoms. The van der Waals surface area contributed by atoms with Crippen LogP contribution in [0.15, 0.2) is 145 Å². The minimum atomic E-state index is -0.392. The fraction of sp³-hybridized carbons (Fsp3) is 0.276. The predicted molar refractivity (Wildman–Crippen MR) is 268 cm³/mol. The van der Waals surface area contributed by atoms with E-state index in [1.54, 1.807) is 0 Å². The van der Waals surface area contributed by atoms with Crippen LogP contribution >= 0.6 is 0 Å². The fourth-order valence-electron chi connectivity index (χ4n) is 11.6. The van der Waals surface area contributed by atoms with E-state index >= 15 is 0 Å². The molecule has 1 aliphatic rings. The number of anilines is 1. The summed E-state index contributed by atoms with van der Waals surface area (Å²) in [6.07, 6.45) is 1.91. The van der Waals surface area contributed by atoms with E-state index in [1.165, 1.54) is 55.2 Å². The molecule has 0 N–H and O–H groups in total. The molecule has 0 saturated carbocycles. The minimum Gasteiger partial charge on any atom is -0.318 e. The smallest absolute Gasteiger partial charge is 0.145 e. The van der Waals surface area contributed by atoms with Crippen molar-refractivity contribution >= 4 is 55.3 Å². The topological polar surface area (TPSA) is 38.4 Å². The third kappa shape index (κ3) is 6.25. The number of fused-ring (bicyclic) bond motifs is 6. The first-order chi connectivity index (χ1) is 30.2. The maximum Gasteiger partial charge on any atom is 0.145 e. The van der Waals surface area contributed by atoms with Crippen molar-refractivity contribution in [3.8, 4) is 22.5 Å². The third-order valence-corrected chi connectivity index (χ3v) is 14.5. The molecule has 0 bridgehead atoms. The van der Waals surface area contributed by atoms with E-state index in [2.05, 4.69) is 218 Å². The number of benzene rings is 6. The maximum absolute atomic E-state index is 6.05. The highest BCUT2D eigenvalue weighted by Crippen LogP contribution is 2.52. The van der Waals surface area contributed by atoms with Gasteiger partial charge in [-0.2, -0.15) is 0 Å². The molecule has 4 heterocycles. The van der Waals surface area contributed by atoms with E-state index in [-0.39, 0.29) is 5.54 Å². The highest BCUT2D eigenvalue weighted by molar-refractivity contribution is 6.15. The molecule has 316 valence electrons. The van der Waals surface area contributed by atoms with Crippen molar-refractivity contribution in [2.24, 2.45) is 22.7 Å². The van der Waals surface area contributed by atoms with Gasteiger partial charge in [-0.15, -0.1) is 0 Å². The molecule has 3 aromatic heterocycles. The van der Waals surface area contributed by atoms with E-state index < -0.39 is 5.54 Å². The lowest BCUT2D eigenvalue weighted by Crippen LogP contribution is -2.60. The number of rotatable bonds is 8. The molecular weight excluding hydrogens is 767 g/mol. The summed E-state index contributed by atoms with van der Waals surface area (Å²) in [5.74, 6) is 2.24. The predicted octanol–water partition coefficient (Wildman–Crippen LogP) is 14.9. The molecule has 0 unspecified atom stereocenters. The van der Waals surface area contributed by atoms with Gasteiger partial charge in [0.05, 0.1) is 27.6 Å². The molecule has 1 atom stereocenters. The number of pyridine rings is 1. The summed E-state index contributed by atoms with van der Waals surface area (Å²) in [5, 5.41) is 4.83. The van der Waals surface area contributed by atoms with Crippen molar-refractivity contribution in [1.82, 2.24) is 14.1 Å². The standard InChI is InChI=1S/C58H59N5/c1-35(2)53(36(3)4)58(11)57(9,10)63(54-39(7)17-15-18-40(54)8)55(60-58)43-31-42(41-19-13-12-14-20-41)32-45(33-43)61-50-26-22-37(5)29-48(50)46-25-24-44(34-52(46)61)62-51-27-23-38(6)30-49(51)47-21-16-28-59-56(47)62/h12-36,53H,1-11H3/t58-/m1/s1. The highest BCUT2D eigenvalue weighted by atomic mass is 15.3. The van der Waals surface area contributed by atoms with Gasteiger partial charge in [0.25, 0.3) is 0 Å². The van der Waals surface area contributed by atoms with E-state index in [0.29, 0.717) is 17.8 Å². The third-order valence-electron chi connectivity index (χ3n) is 14.5. The summed E-state index contributed by atoms with van der Waals surface area (Å²) < 4.78 is 4.82. The van der Waals surface area contributed by atoms with Crippen LogP contribution in [-0.2, 0) is 0 Å². The van der Waals surface area contributed by atoms with Crippen LogP contribution in [0, 0.1) is 45.4 Å². The molecule has 0 fully saturated rings. The molecule has 0 aliphatic carbocycles. The molecule has 1 aliphatic heterocycles. The minimum absolute atomic E-state index is 0.340. The first-order valence-electron chi connectivity index (χ1n) is 22.8. The zero-order valence-electron chi connectivity index (χ0n) is 38.7. The maximum atomic E-state index is 6.05. The summed E-state index contributed by atoms with van der Waals surface area (Å²) >= 11 is 0. The Morgan fingerprint density at radius 2 is 1.13 bits per heavy atom. The van der Waals surface area contributed by atoms with Crippen LogP contribution in [0.1, 0.15) is 76.3 Å². The Balaban J connectivity index is 1.29. The van der Waals surface area contributed by atoms with Gasteiger partial charge in [0.15, 0.2) is 0 Å². The Morgan fingerprint density at radius 1 is 0.492 bits per heavy atom. The van der Waals surface area contributed by atoms with Gasteiger partial charge in [-0.25, -0.2) is 4.98 Å². The largest absolute Gasteiger partial charge is 0.318 e. The zero-order valence-corrected chi connectivity index (χ0v) is 38.7. The Kier molecular flexibility index (Phi) is 9.56. The van der Waals surface area contributed by atoms with Gasteiger partial charge in [-0.3, -0.25) is 9.56 Å². The average molecular weight is 826 g/mol. The molecule has 10 rings (SSSR count). The molecule has 63 heavy (non-hydrogen) atoms. The van der Waals surface area contributed by atoms with Crippen molar-refractivity contribution in [3.63, 3.8) is 0 Å². The second kappa shape index (κ2) is 14.8. The second-order valence-corrected chi connectivity index (χ2v) is 19.7. The van der Waals surface area contributed by atoms with Gasteiger partial charge < -0.3 is 9.47 Å². The molecule has 9 aromatic rings. The molecule has 0 radical (unpaired) electrons. The van der Waals surface area contributed by atoms with Crippen LogP contribution in [-0.4, -0.2) is 31.0 Å². The Bertz CT molecular complexity index is 3260. The molecular formula is C58H59N5. The highest BCUT2D eigenvalue weighted by Gasteiger charge is 2.58. The summed E-state index contributed by atoms with van der Waals surface area (Å²) in [6, 6.07) is 49.5. The number of aryl methyl sites for hydroxylation is 4. The van der Waals surface area contributed by atoms with Crippen LogP contribution in [0.4, 0.5) is 5.69 Å². The fourth-order valence-corrected chi connectivity index (χ4v) is 11.6. The van der Waals surface area contributed by atoms with Crippen LogP contribution in [0.3, 0.4) is 0 Å². The first kappa shape index (κ1) is 40.6. The van der Waals surface area contributed by atoms with Gasteiger partial charge in [-0.1, -0.05) is 106 Å². The van der Waals surface area contributed by atoms with Crippen molar-refractivity contribution in [2.75, 3.05) is 4.90 Å². The van der Waals surface area contributed by atoms with E-state index in [0.717, 1.165) is 50.4 Å². The summed E-state index contributed by atoms with van der Waals surface area (Å²) in [7, 11) is 0. The number of hydrogen-bond donors (Lipinski definition) is 0. The first-order valence-corrected chi connectivity index (χ1v) is 22.8. The van der Waals surface area contributed by atoms with Gasteiger partial charge in [0, 0.05) is 50.4 Å². The van der Waals surface area contributed by atoms with Crippen molar-refractivity contribution in [1.29, 1.82) is 0 Å². The summed E-state index contributed by atoms with van der Waals surface area (Å²) in [5.41, 5.74) is 15.5. The van der Waals surface area contributed by atoms with Crippen LogP contribution in [0.25, 0.3) is 66.2 Å². The van der Waals surface area contributed by atoms with Crippen molar-refractivity contribution in [3.05, 3.63) is 167 Å². The molecule has 0 spiro atoms. The molecule has 5 nitrogen and oxygen atoms in total. The SMILES string of the molecule is Cc1ccc2c(c1)c1ccc(-n3c4ccc(C)cc4c4cccnc43)cc1n2-c1cc(C2=N[C@](C)(C(C(C)C)C(C)C)C(C)(C)N2c2c(C)cccc2C)cc(-c2ccccc2)c1. The van der Waals surface area contributed by atoms with E-state index in [1.807, 2.05) is 12.3 Å². The number of aromatic nitrogens is 3. The van der Waals surface area contributed by atoms with Crippen LogP contribution in [0.2, 0.25) is 0 Å². The number of aliphatic imine (C=N–C) groups is 1. The quantitative estimate of drug-likeness (QED) is 0.153. The van der Waals surface area contributed by atoms with Gasteiger partial charge in [0.1, 0.15) is 11.5 Å². The normalized spacial score (nSPS) is 16.5. The number of para-hydroxylation sites is 1. The van der Waals surface area contributed by atoms with Crippen LogP contribution < -0.4 is 4.90 Å². The Hall–Kier alpha value is -6.46. The molecule has 0 saturated heterocycles. The molecule has 6 aromatic carbocycles. The number of nitrogens with zero attached hydrogens (tertiary/aromatic N) is 5. The molecule has 0 amide bonds. The summed E-state index contributed by atoms with van der Waals surface area (Å²) in [6.45, 7) is 25.7. The van der Waals surface area contributed by atoms with E-state index in [9.17, 15) is 0 Å². The van der Waals surface area contributed by atoms with Gasteiger partial charge >= 0.3 is 0 Å². The monoisotopic (exact) mass is 825 g/mol. The lowest BCUT2D eigenvalue weighted by atomic mass is 9.64. The van der Waals surface area contributed by atoms with Crippen LogP contribution in [0.5, 0.6) is 0 Å². The number of amidine groups is 1. The Morgan fingerprint density at radius 3 is 1.79 bits per heavy atom. The lowest BCUT2D eigenvalue weighted by Gasteiger charge is -2.50. The summed E-state index contributed by atoms with van der Waals surface area (Å²) in [4.78, 5) is 13.6. The average Bonchev–Trinajstić information content (AvgIpc) is 3.82. The Labute approximate surface area is 372 Å². The van der Waals surface area contributed by atoms with Crippen molar-refractivity contribution in [2.45, 2.75) is 87.2 Å². The van der Waals surface area contributed by atoms with E-state index in [4.69, 9.17) is 9.98 Å². The lowest BCUT2D eigenvalue weighted by molar-refractivity contribution is 0.116. The van der Waals surface area contributed by atoms with Gasteiger partial charge in [-0.05, 0) is 155 Å². The van der Waals surface area contributed by atoms with Crippen molar-refractivity contribution < 1.29 is 0 Å². The number of hydrogen-bond acceptors (Lipinski definition) is 3. The zero-order chi connectivity index (χ0) is 44.1. The van der Waals surface area contributed by atoms with Gasteiger partial charge in [0.2, 0.25) is 0 Å².